The summed E-state index contributed by atoms with van der Waals surface area (Å²) < 4.78 is 0. The number of aliphatic imine (C=N–C) groups is 1. The second-order valence-corrected chi connectivity index (χ2v) is 7.36. The summed E-state index contributed by atoms with van der Waals surface area (Å²) in [5.41, 5.74) is 1.36. The molecule has 1 aromatic carbocycles. The number of nitrogens with zero attached hydrogens (tertiary/aromatic N) is 1. The Hall–Kier alpha value is -1.55. The lowest BCUT2D eigenvalue weighted by Gasteiger charge is -2.28. The minimum absolute atomic E-state index is 0.0680. The van der Waals surface area contributed by atoms with Crippen LogP contribution < -0.4 is 10.6 Å². The molecule has 1 atom stereocenters. The van der Waals surface area contributed by atoms with Gasteiger partial charge in [-0.3, -0.25) is 4.99 Å². The predicted octanol–water partition coefficient (Wildman–Crippen LogP) is 3.00. The van der Waals surface area contributed by atoms with E-state index in [4.69, 9.17) is 0 Å². The van der Waals surface area contributed by atoms with Gasteiger partial charge in [-0.05, 0) is 23.3 Å². The first kappa shape index (κ1) is 19.5. The smallest absolute Gasteiger partial charge is 0.191 e. The molecule has 4 heteroatoms. The highest BCUT2D eigenvalue weighted by Crippen LogP contribution is 2.24. The maximum Gasteiger partial charge on any atom is 0.191 e. The van der Waals surface area contributed by atoms with E-state index in [9.17, 15) is 5.11 Å². The molecule has 3 N–H and O–H groups in total. The third-order valence-electron chi connectivity index (χ3n) is 3.93. The highest BCUT2D eigenvalue weighted by molar-refractivity contribution is 5.79. The van der Waals surface area contributed by atoms with Crippen molar-refractivity contribution in [1.82, 2.24) is 10.6 Å². The fourth-order valence-corrected chi connectivity index (χ4v) is 2.95. The Morgan fingerprint density at radius 1 is 1.17 bits per heavy atom. The van der Waals surface area contributed by atoms with Crippen molar-refractivity contribution in [3.05, 3.63) is 35.9 Å². The van der Waals surface area contributed by atoms with E-state index in [0.29, 0.717) is 12.5 Å². The molecular weight excluding hydrogens is 286 g/mol. The van der Waals surface area contributed by atoms with Crippen molar-refractivity contribution in [3.63, 3.8) is 0 Å². The maximum atomic E-state index is 9.62. The fourth-order valence-electron chi connectivity index (χ4n) is 2.95. The van der Waals surface area contributed by atoms with Gasteiger partial charge in [0.2, 0.25) is 0 Å². The second-order valence-electron chi connectivity index (χ2n) is 7.36. The fraction of sp³-hybridized carbons (Fsp3) is 0.632. The van der Waals surface area contributed by atoms with Crippen molar-refractivity contribution in [1.29, 1.82) is 0 Å². The van der Waals surface area contributed by atoms with Gasteiger partial charge in [-0.15, -0.1) is 0 Å². The summed E-state index contributed by atoms with van der Waals surface area (Å²) in [5.74, 6) is 1.54. The summed E-state index contributed by atoms with van der Waals surface area (Å²) in [6.45, 7) is 10.7. The molecule has 0 aromatic heterocycles. The van der Waals surface area contributed by atoms with Gasteiger partial charge >= 0.3 is 0 Å². The zero-order chi connectivity index (χ0) is 17.3. The van der Waals surface area contributed by atoms with Gasteiger partial charge in [0.25, 0.3) is 0 Å². The zero-order valence-electron chi connectivity index (χ0n) is 15.3. The molecule has 23 heavy (non-hydrogen) atoms. The van der Waals surface area contributed by atoms with E-state index in [1.165, 1.54) is 6.42 Å². The maximum absolute atomic E-state index is 9.62. The average molecular weight is 319 g/mol. The van der Waals surface area contributed by atoms with Gasteiger partial charge in [-0.25, -0.2) is 0 Å². The van der Waals surface area contributed by atoms with E-state index in [2.05, 4.69) is 43.3 Å². The molecule has 0 radical (unpaired) electrons. The lowest BCUT2D eigenvalue weighted by molar-refractivity contribution is 0.264. The van der Waals surface area contributed by atoms with Gasteiger partial charge in [-0.1, -0.05) is 58.0 Å². The minimum Gasteiger partial charge on any atom is -0.396 e. The Balaban J connectivity index is 2.50. The molecule has 0 fully saturated rings. The number of nitrogens with one attached hydrogen (secondary N) is 2. The molecule has 4 nitrogen and oxygen atoms in total. The number of aliphatic hydroxyl groups excluding tert-OH is 1. The topological polar surface area (TPSA) is 56.7 Å². The molecule has 1 aromatic rings. The van der Waals surface area contributed by atoms with Gasteiger partial charge in [0.1, 0.15) is 0 Å². The number of hydrogen-bond acceptors (Lipinski definition) is 2. The van der Waals surface area contributed by atoms with Crippen LogP contribution in [0.25, 0.3) is 0 Å². The van der Waals surface area contributed by atoms with Crippen molar-refractivity contribution >= 4 is 5.96 Å². The Kier molecular flexibility index (Phi) is 8.10. The SMILES string of the molecule is CN=C(NCC(CO)c1ccccc1)NCC(C)(C)CC(C)C. The second kappa shape index (κ2) is 9.56. The Labute approximate surface area is 141 Å². The van der Waals surface area contributed by atoms with Crippen LogP contribution in [-0.2, 0) is 0 Å². The Morgan fingerprint density at radius 2 is 1.83 bits per heavy atom. The predicted molar refractivity (Wildman–Crippen MR) is 98.9 cm³/mol. The summed E-state index contributed by atoms with van der Waals surface area (Å²) in [6, 6.07) is 10.1. The van der Waals surface area contributed by atoms with E-state index >= 15 is 0 Å². The van der Waals surface area contributed by atoms with Crippen LogP contribution in [0.1, 0.15) is 45.6 Å². The summed E-state index contributed by atoms with van der Waals surface area (Å²) >= 11 is 0. The van der Waals surface area contributed by atoms with Crippen molar-refractivity contribution in [2.75, 3.05) is 26.7 Å². The first-order valence-corrected chi connectivity index (χ1v) is 8.48. The van der Waals surface area contributed by atoms with E-state index < -0.39 is 0 Å². The van der Waals surface area contributed by atoms with Crippen LogP contribution in [0.2, 0.25) is 0 Å². The molecule has 130 valence electrons. The number of rotatable bonds is 8. The summed E-state index contributed by atoms with van der Waals surface area (Å²) in [6.07, 6.45) is 1.17. The summed E-state index contributed by atoms with van der Waals surface area (Å²) in [5, 5.41) is 16.4. The van der Waals surface area contributed by atoms with E-state index in [0.717, 1.165) is 18.1 Å². The van der Waals surface area contributed by atoms with Crippen LogP contribution in [0.4, 0.5) is 0 Å². The third kappa shape index (κ3) is 7.51. The van der Waals surface area contributed by atoms with Gasteiger partial charge in [0.05, 0.1) is 6.61 Å². The highest BCUT2D eigenvalue weighted by Gasteiger charge is 2.20. The van der Waals surface area contributed by atoms with Crippen molar-refractivity contribution in [2.24, 2.45) is 16.3 Å². The average Bonchev–Trinajstić information content (AvgIpc) is 2.50. The van der Waals surface area contributed by atoms with Crippen LogP contribution in [0, 0.1) is 11.3 Å². The number of hydrogen-bond donors (Lipinski definition) is 3. The first-order valence-electron chi connectivity index (χ1n) is 8.48. The van der Waals surface area contributed by atoms with Crippen molar-refractivity contribution in [3.8, 4) is 0 Å². The summed E-state index contributed by atoms with van der Waals surface area (Å²) in [4.78, 5) is 4.28. The van der Waals surface area contributed by atoms with Crippen LogP contribution >= 0.6 is 0 Å². The summed E-state index contributed by atoms with van der Waals surface area (Å²) in [7, 11) is 1.78. The van der Waals surface area contributed by atoms with Gasteiger partial charge in [0.15, 0.2) is 5.96 Å². The lowest BCUT2D eigenvalue weighted by Crippen LogP contribution is -2.43. The molecule has 1 rings (SSSR count). The van der Waals surface area contributed by atoms with Gasteiger partial charge < -0.3 is 15.7 Å². The molecule has 0 saturated carbocycles. The standard InChI is InChI=1S/C19H33N3O/c1-15(2)11-19(3,4)14-22-18(20-5)21-12-17(13-23)16-9-7-6-8-10-16/h6-10,15,17,23H,11-14H2,1-5H3,(H2,20,21,22). The van der Waals surface area contributed by atoms with E-state index in [1.54, 1.807) is 7.05 Å². The Bertz CT molecular complexity index is 469. The third-order valence-corrected chi connectivity index (χ3v) is 3.93. The van der Waals surface area contributed by atoms with E-state index in [-0.39, 0.29) is 17.9 Å². The molecular formula is C19H33N3O. The number of aliphatic hydroxyl groups is 1. The largest absolute Gasteiger partial charge is 0.396 e. The van der Waals surface area contributed by atoms with Crippen LogP contribution in [0.3, 0.4) is 0 Å². The first-order chi connectivity index (χ1) is 10.9. The molecule has 0 bridgehead atoms. The monoisotopic (exact) mass is 319 g/mol. The van der Waals surface area contributed by atoms with Crippen molar-refractivity contribution in [2.45, 2.75) is 40.0 Å². The highest BCUT2D eigenvalue weighted by atomic mass is 16.3. The molecule has 0 heterocycles. The zero-order valence-corrected chi connectivity index (χ0v) is 15.3. The molecule has 0 aliphatic rings. The molecule has 0 amide bonds. The number of guanidine groups is 1. The molecule has 0 aliphatic heterocycles. The van der Waals surface area contributed by atoms with Crippen LogP contribution in [0.15, 0.2) is 35.3 Å². The Morgan fingerprint density at radius 3 is 2.35 bits per heavy atom. The molecule has 0 saturated heterocycles. The quantitative estimate of drug-likeness (QED) is 0.510. The number of benzene rings is 1. The molecule has 0 spiro atoms. The van der Waals surface area contributed by atoms with Gasteiger partial charge in [0, 0.05) is 26.1 Å². The van der Waals surface area contributed by atoms with Crippen LogP contribution in [0.5, 0.6) is 0 Å². The lowest BCUT2D eigenvalue weighted by atomic mass is 9.84. The molecule has 1 unspecified atom stereocenters. The van der Waals surface area contributed by atoms with Crippen LogP contribution in [-0.4, -0.2) is 37.8 Å². The molecule has 0 aliphatic carbocycles. The normalized spacial score (nSPS) is 14.0. The van der Waals surface area contributed by atoms with Crippen molar-refractivity contribution < 1.29 is 5.11 Å². The minimum atomic E-state index is 0.0680. The van der Waals surface area contributed by atoms with Gasteiger partial charge in [-0.2, -0.15) is 0 Å². The van der Waals surface area contributed by atoms with E-state index in [1.807, 2.05) is 30.3 Å².